The number of guanidine groups is 1. The summed E-state index contributed by atoms with van der Waals surface area (Å²) in [7, 11) is 3.32. The van der Waals surface area contributed by atoms with Crippen molar-refractivity contribution >= 4 is 41.7 Å². The van der Waals surface area contributed by atoms with Crippen molar-refractivity contribution < 1.29 is 9.47 Å². The Morgan fingerprint density at radius 1 is 1.23 bits per heavy atom. The van der Waals surface area contributed by atoms with Crippen LogP contribution in [-0.4, -0.2) is 50.8 Å². The minimum Gasteiger partial charge on any atom is -0.493 e. The second-order valence-corrected chi connectivity index (χ2v) is 7.35. The Morgan fingerprint density at radius 3 is 2.62 bits per heavy atom. The fourth-order valence-corrected chi connectivity index (χ4v) is 3.93. The molecule has 5 nitrogen and oxygen atoms in total. The first-order chi connectivity index (χ1) is 12.2. The molecule has 2 unspecified atom stereocenters. The van der Waals surface area contributed by atoms with Gasteiger partial charge in [-0.25, -0.2) is 0 Å². The van der Waals surface area contributed by atoms with Crippen LogP contribution in [-0.2, 0) is 6.42 Å². The van der Waals surface area contributed by atoms with Crippen LogP contribution in [0.5, 0.6) is 11.5 Å². The van der Waals surface area contributed by atoms with Crippen molar-refractivity contribution in [3.8, 4) is 11.5 Å². The van der Waals surface area contributed by atoms with E-state index in [4.69, 9.17) is 14.5 Å². The van der Waals surface area contributed by atoms with Gasteiger partial charge in [0.25, 0.3) is 0 Å². The van der Waals surface area contributed by atoms with Gasteiger partial charge < -0.3 is 20.1 Å². The zero-order valence-corrected chi connectivity index (χ0v) is 19.4. The normalized spacial score (nSPS) is 19.6. The second-order valence-electron chi connectivity index (χ2n) is 6.21. The summed E-state index contributed by atoms with van der Waals surface area (Å²) in [5, 5.41) is 7.73. The molecule has 2 N–H and O–H groups in total. The van der Waals surface area contributed by atoms with Crippen LogP contribution in [0, 0.1) is 0 Å². The maximum Gasteiger partial charge on any atom is 0.191 e. The van der Waals surface area contributed by atoms with E-state index >= 15 is 0 Å². The van der Waals surface area contributed by atoms with Crippen LogP contribution in [0.3, 0.4) is 0 Å². The smallest absolute Gasteiger partial charge is 0.191 e. The van der Waals surface area contributed by atoms with Gasteiger partial charge in [0.15, 0.2) is 17.5 Å². The minimum atomic E-state index is 0. The van der Waals surface area contributed by atoms with Gasteiger partial charge in [-0.2, -0.15) is 11.8 Å². The number of benzene rings is 1. The fraction of sp³-hybridized carbons (Fsp3) is 0.632. The molecule has 7 heteroatoms. The van der Waals surface area contributed by atoms with E-state index in [-0.39, 0.29) is 24.0 Å². The van der Waals surface area contributed by atoms with Gasteiger partial charge in [0.1, 0.15) is 0 Å². The summed E-state index contributed by atoms with van der Waals surface area (Å²) in [5.74, 6) is 2.45. The van der Waals surface area contributed by atoms with Gasteiger partial charge in [-0.05, 0) is 56.6 Å². The Morgan fingerprint density at radius 2 is 2.00 bits per heavy atom. The molecule has 2 atom stereocenters. The Bertz CT molecular complexity index is 572. The molecule has 148 valence electrons. The highest BCUT2D eigenvalue weighted by molar-refractivity contribution is 14.0. The lowest BCUT2D eigenvalue weighted by Gasteiger charge is -2.17. The van der Waals surface area contributed by atoms with Gasteiger partial charge in [0.05, 0.1) is 14.2 Å². The average molecular weight is 493 g/mol. The quantitative estimate of drug-likeness (QED) is 0.329. The van der Waals surface area contributed by atoms with E-state index in [1.807, 2.05) is 23.9 Å². The van der Waals surface area contributed by atoms with E-state index in [9.17, 15) is 0 Å². The zero-order chi connectivity index (χ0) is 18.1. The molecule has 0 aliphatic heterocycles. The number of rotatable bonds is 8. The molecule has 0 amide bonds. The van der Waals surface area contributed by atoms with Gasteiger partial charge in [-0.3, -0.25) is 4.99 Å². The van der Waals surface area contributed by atoms with Crippen LogP contribution in [0.15, 0.2) is 23.2 Å². The summed E-state index contributed by atoms with van der Waals surface area (Å²) in [6.45, 7) is 3.72. The Labute approximate surface area is 179 Å². The van der Waals surface area contributed by atoms with E-state index in [0.717, 1.165) is 42.2 Å². The molecule has 1 aromatic carbocycles. The number of aliphatic imine (C=N–C) groups is 1. The van der Waals surface area contributed by atoms with Crippen molar-refractivity contribution in [2.45, 2.75) is 43.9 Å². The molecule has 1 aliphatic rings. The molecule has 0 saturated heterocycles. The minimum absolute atomic E-state index is 0. The predicted octanol–water partition coefficient (Wildman–Crippen LogP) is 3.70. The van der Waals surface area contributed by atoms with Crippen molar-refractivity contribution in [3.63, 3.8) is 0 Å². The van der Waals surface area contributed by atoms with E-state index in [1.165, 1.54) is 24.8 Å². The molecule has 26 heavy (non-hydrogen) atoms. The summed E-state index contributed by atoms with van der Waals surface area (Å²) >= 11 is 1.98. The summed E-state index contributed by atoms with van der Waals surface area (Å²) in [6.07, 6.45) is 6.82. The summed E-state index contributed by atoms with van der Waals surface area (Å²) in [6, 6.07) is 6.57. The summed E-state index contributed by atoms with van der Waals surface area (Å²) in [5.41, 5.74) is 1.19. The van der Waals surface area contributed by atoms with Crippen LogP contribution in [0.4, 0.5) is 0 Å². The standard InChI is InChI=1S/C19H31N3O2S.HI/c1-5-20-19(22-15-7-8-16(13-15)25-4)21-11-10-14-6-9-17(23-2)18(12-14)24-3;/h6,9,12,15-16H,5,7-8,10-11,13H2,1-4H3,(H2,20,21,22);1H. The first kappa shape index (κ1) is 23.2. The van der Waals surface area contributed by atoms with Crippen LogP contribution >= 0.6 is 35.7 Å². The highest BCUT2D eigenvalue weighted by Gasteiger charge is 2.24. The number of nitrogens with one attached hydrogen (secondary N) is 2. The predicted molar refractivity (Wildman–Crippen MR) is 123 cm³/mol. The molecule has 0 spiro atoms. The van der Waals surface area contributed by atoms with Crippen LogP contribution < -0.4 is 20.1 Å². The number of ether oxygens (including phenoxy) is 2. The van der Waals surface area contributed by atoms with Crippen molar-refractivity contribution in [2.24, 2.45) is 4.99 Å². The van der Waals surface area contributed by atoms with Crippen molar-refractivity contribution in [2.75, 3.05) is 33.6 Å². The number of thioether (sulfide) groups is 1. The third-order valence-corrected chi connectivity index (χ3v) is 5.62. The van der Waals surface area contributed by atoms with Crippen molar-refractivity contribution in [1.82, 2.24) is 10.6 Å². The Balaban J connectivity index is 0.00000338. The van der Waals surface area contributed by atoms with Crippen LogP contribution in [0.2, 0.25) is 0 Å². The lowest BCUT2D eigenvalue weighted by Crippen LogP contribution is -2.42. The van der Waals surface area contributed by atoms with Gasteiger partial charge in [-0.1, -0.05) is 6.07 Å². The van der Waals surface area contributed by atoms with Crippen LogP contribution in [0.1, 0.15) is 31.7 Å². The third-order valence-electron chi connectivity index (χ3n) is 4.52. The molecule has 1 saturated carbocycles. The molecule has 0 aromatic heterocycles. The van der Waals surface area contributed by atoms with Crippen molar-refractivity contribution in [3.05, 3.63) is 23.8 Å². The Kier molecular flexibility index (Phi) is 11.2. The van der Waals surface area contributed by atoms with Gasteiger partial charge in [-0.15, -0.1) is 24.0 Å². The first-order valence-corrected chi connectivity index (χ1v) is 10.3. The van der Waals surface area contributed by atoms with E-state index < -0.39 is 0 Å². The lowest BCUT2D eigenvalue weighted by atomic mass is 10.1. The van der Waals surface area contributed by atoms with Crippen LogP contribution in [0.25, 0.3) is 0 Å². The number of methoxy groups -OCH3 is 2. The maximum atomic E-state index is 5.36. The third kappa shape index (κ3) is 7.06. The van der Waals surface area contributed by atoms with Gasteiger partial charge >= 0.3 is 0 Å². The average Bonchev–Trinajstić information content (AvgIpc) is 3.09. The fourth-order valence-electron chi connectivity index (χ4n) is 3.13. The molecule has 2 rings (SSSR count). The van der Waals surface area contributed by atoms with E-state index in [2.05, 4.69) is 29.9 Å². The first-order valence-electron chi connectivity index (χ1n) is 8.98. The number of nitrogens with zero attached hydrogens (tertiary/aromatic N) is 1. The number of hydrogen-bond acceptors (Lipinski definition) is 4. The van der Waals surface area contributed by atoms with E-state index in [1.54, 1.807) is 14.2 Å². The molecule has 0 radical (unpaired) electrons. The zero-order valence-electron chi connectivity index (χ0n) is 16.2. The molecule has 1 aliphatic carbocycles. The topological polar surface area (TPSA) is 54.9 Å². The molecule has 1 fully saturated rings. The lowest BCUT2D eigenvalue weighted by molar-refractivity contribution is 0.354. The van der Waals surface area contributed by atoms with Gasteiger partial charge in [0.2, 0.25) is 0 Å². The SMILES string of the molecule is CCNC(=NCCc1ccc(OC)c(OC)c1)NC1CCC(SC)C1.I. The number of hydrogen-bond donors (Lipinski definition) is 2. The highest BCUT2D eigenvalue weighted by Crippen LogP contribution is 2.28. The molecular formula is C19H32IN3O2S. The molecule has 1 aromatic rings. The largest absolute Gasteiger partial charge is 0.493 e. The van der Waals surface area contributed by atoms with Crippen molar-refractivity contribution in [1.29, 1.82) is 0 Å². The monoisotopic (exact) mass is 493 g/mol. The summed E-state index contributed by atoms with van der Waals surface area (Å²) in [4.78, 5) is 4.74. The van der Waals surface area contributed by atoms with Gasteiger partial charge in [0, 0.05) is 24.4 Å². The Hall–Kier alpha value is -0.830. The summed E-state index contributed by atoms with van der Waals surface area (Å²) < 4.78 is 10.6. The molecule has 0 heterocycles. The number of halogens is 1. The molecule has 0 bridgehead atoms. The van der Waals surface area contributed by atoms with E-state index in [0.29, 0.717) is 6.04 Å². The second kappa shape index (κ2) is 12.5. The highest BCUT2D eigenvalue weighted by atomic mass is 127. The maximum absolute atomic E-state index is 5.36. The molecular weight excluding hydrogens is 461 g/mol.